The second-order valence-corrected chi connectivity index (χ2v) is 12.7. The molecule has 2 saturated heterocycles. The number of benzene rings is 2. The largest absolute Gasteiger partial charge is 0.366 e. The van der Waals surface area contributed by atoms with Gasteiger partial charge in [0.1, 0.15) is 11.6 Å². The molecule has 1 amide bonds. The maximum atomic E-state index is 14.9. The summed E-state index contributed by atoms with van der Waals surface area (Å²) in [6.45, 7) is 8.03. The predicted molar refractivity (Wildman–Crippen MR) is 171 cm³/mol. The van der Waals surface area contributed by atoms with E-state index in [-0.39, 0.29) is 35.4 Å². The first-order valence-electron chi connectivity index (χ1n) is 15.8. The summed E-state index contributed by atoms with van der Waals surface area (Å²) in [5.41, 5.74) is 8.81. The van der Waals surface area contributed by atoms with E-state index in [1.165, 1.54) is 6.07 Å². The van der Waals surface area contributed by atoms with Crippen molar-refractivity contribution in [2.75, 3.05) is 48.3 Å². The first-order valence-corrected chi connectivity index (χ1v) is 15.8. The lowest BCUT2D eigenvalue weighted by molar-refractivity contribution is 0.0940. The summed E-state index contributed by atoms with van der Waals surface area (Å²) in [7, 11) is 2.15. The zero-order valence-electron chi connectivity index (χ0n) is 25.8. The number of Topliss-reactive ketones (excluding diaryl/α,β-unsaturated/α-hetero) is 1. The Hall–Kier alpha value is -4.05. The van der Waals surface area contributed by atoms with Crippen molar-refractivity contribution in [3.63, 3.8) is 0 Å². The van der Waals surface area contributed by atoms with Crippen molar-refractivity contribution >= 4 is 34.7 Å². The van der Waals surface area contributed by atoms with Crippen molar-refractivity contribution in [1.82, 2.24) is 14.9 Å². The monoisotopic (exact) mass is 599 g/mol. The Balaban J connectivity index is 1.17. The zero-order valence-corrected chi connectivity index (χ0v) is 25.8. The van der Waals surface area contributed by atoms with Crippen molar-refractivity contribution in [2.45, 2.75) is 64.0 Å². The van der Waals surface area contributed by atoms with E-state index in [9.17, 15) is 14.0 Å². The Morgan fingerprint density at radius 3 is 2.48 bits per heavy atom. The maximum Gasteiger partial charge on any atom is 0.271 e. The Labute approximate surface area is 258 Å². The van der Waals surface area contributed by atoms with Crippen molar-refractivity contribution in [3.8, 4) is 0 Å². The van der Waals surface area contributed by atoms with Gasteiger partial charge in [-0.15, -0.1) is 0 Å². The summed E-state index contributed by atoms with van der Waals surface area (Å²) in [6.07, 6.45) is 5.73. The van der Waals surface area contributed by atoms with E-state index in [0.29, 0.717) is 23.6 Å². The highest BCUT2D eigenvalue weighted by atomic mass is 19.1. The number of ketones is 1. The van der Waals surface area contributed by atoms with Crippen LogP contribution in [0.25, 0.3) is 0 Å². The third-order valence-electron chi connectivity index (χ3n) is 9.52. The summed E-state index contributed by atoms with van der Waals surface area (Å²) < 4.78 is 14.9. The molecule has 9 nitrogen and oxygen atoms in total. The molecule has 1 saturated carbocycles. The molecule has 1 aromatic heterocycles. The Morgan fingerprint density at radius 1 is 1.02 bits per heavy atom. The molecule has 3 heterocycles. The highest BCUT2D eigenvalue weighted by Gasteiger charge is 2.32. The summed E-state index contributed by atoms with van der Waals surface area (Å²) in [5.74, 6) is 0.0951. The molecule has 2 aromatic carbocycles. The van der Waals surface area contributed by atoms with Crippen LogP contribution >= 0.6 is 0 Å². The van der Waals surface area contributed by atoms with Crippen LogP contribution in [0.1, 0.15) is 78.3 Å². The fraction of sp³-hybridized carbons (Fsp3) is 0.471. The first-order chi connectivity index (χ1) is 21.2. The van der Waals surface area contributed by atoms with E-state index >= 15 is 0 Å². The van der Waals surface area contributed by atoms with Crippen LogP contribution in [-0.2, 0) is 0 Å². The molecule has 3 aromatic rings. The van der Waals surface area contributed by atoms with Gasteiger partial charge in [-0.3, -0.25) is 9.59 Å². The molecule has 10 heteroatoms. The van der Waals surface area contributed by atoms with Gasteiger partial charge in [-0.25, -0.2) is 14.4 Å². The number of piperazine rings is 1. The number of anilines is 4. The number of amides is 1. The number of likely N-dealkylation sites (N-methyl/N-ethyl adjacent to an activating group) is 1. The lowest BCUT2D eigenvalue weighted by Gasteiger charge is -2.40. The summed E-state index contributed by atoms with van der Waals surface area (Å²) in [4.78, 5) is 41.5. The minimum Gasteiger partial charge on any atom is -0.366 e. The number of aromatic nitrogens is 2. The van der Waals surface area contributed by atoms with Gasteiger partial charge in [0.2, 0.25) is 0 Å². The topological polar surface area (TPSA) is 108 Å². The maximum absolute atomic E-state index is 14.9. The standard InChI is InChI=1S/C34H42FN7O2/c1-21-20-40(3)15-16-41(21)27-11-9-26(10-12-27)38-34-32(33(36)44)37-19-31(39-34)42-14-4-5-24(22(42)2)18-30(43)28-13-8-25(17-29(28)35)23-6-7-23/h8-13,17,19,21-24H,4-7,14-16,18,20H2,1-3H3,(H2,36,44)(H,38,39)/t21-,22+,24-/m0/s1. The zero-order chi connectivity index (χ0) is 31.0. The van der Waals surface area contributed by atoms with Crippen molar-refractivity contribution < 1.29 is 14.0 Å². The number of rotatable bonds is 9. The molecule has 0 unspecified atom stereocenters. The number of hydrogen-bond acceptors (Lipinski definition) is 8. The summed E-state index contributed by atoms with van der Waals surface area (Å²) in [6, 6.07) is 13.6. The fourth-order valence-corrected chi connectivity index (χ4v) is 6.78. The van der Waals surface area contributed by atoms with Gasteiger partial charge >= 0.3 is 0 Å². The molecule has 6 rings (SSSR count). The number of nitrogens with one attached hydrogen (secondary N) is 1. The molecule has 3 atom stereocenters. The van der Waals surface area contributed by atoms with Crippen LogP contribution in [0.4, 0.5) is 27.4 Å². The first kappa shape index (κ1) is 30.0. The van der Waals surface area contributed by atoms with Crippen molar-refractivity contribution in [1.29, 1.82) is 0 Å². The van der Waals surface area contributed by atoms with Crippen LogP contribution in [0.2, 0.25) is 0 Å². The van der Waals surface area contributed by atoms with Gasteiger partial charge in [-0.05, 0) is 100 Å². The highest BCUT2D eigenvalue weighted by Crippen LogP contribution is 2.40. The van der Waals surface area contributed by atoms with E-state index in [0.717, 1.165) is 68.8 Å². The van der Waals surface area contributed by atoms with Gasteiger partial charge in [-0.2, -0.15) is 0 Å². The molecule has 0 bridgehead atoms. The van der Waals surface area contributed by atoms with Gasteiger partial charge in [-0.1, -0.05) is 6.07 Å². The van der Waals surface area contributed by atoms with Gasteiger partial charge < -0.3 is 25.8 Å². The molecule has 3 aliphatic rings. The van der Waals surface area contributed by atoms with Crippen LogP contribution in [0.3, 0.4) is 0 Å². The molecule has 3 fully saturated rings. The van der Waals surface area contributed by atoms with Crippen LogP contribution in [-0.4, -0.2) is 71.9 Å². The number of halogens is 1. The second-order valence-electron chi connectivity index (χ2n) is 12.7. The summed E-state index contributed by atoms with van der Waals surface area (Å²) in [5, 5.41) is 3.26. The molecule has 232 valence electrons. The van der Waals surface area contributed by atoms with Crippen LogP contribution in [0.15, 0.2) is 48.7 Å². The smallest absolute Gasteiger partial charge is 0.271 e. The Morgan fingerprint density at radius 2 is 1.80 bits per heavy atom. The van der Waals surface area contributed by atoms with Crippen molar-refractivity contribution in [2.24, 2.45) is 11.7 Å². The van der Waals surface area contributed by atoms with Crippen LogP contribution < -0.4 is 20.9 Å². The van der Waals surface area contributed by atoms with Gasteiger partial charge in [0, 0.05) is 56.1 Å². The Bertz CT molecular complexity index is 1530. The molecule has 3 N–H and O–H groups in total. The molecule has 1 aliphatic carbocycles. The van der Waals surface area contributed by atoms with Gasteiger partial charge in [0.15, 0.2) is 17.3 Å². The SMILES string of the molecule is C[C@@H]1[C@H](CC(=O)c2ccc(C3CC3)cc2F)CCCN1c1cnc(C(N)=O)c(Nc2ccc(N3CCN(C)C[C@@H]3C)cc2)n1. The average molecular weight is 600 g/mol. The molecular weight excluding hydrogens is 557 g/mol. The van der Waals surface area contributed by atoms with Crippen LogP contribution in [0.5, 0.6) is 0 Å². The molecule has 0 radical (unpaired) electrons. The molecular formula is C34H42FN7O2. The number of carbonyl (C=O) groups excluding carboxylic acids is 2. The molecule has 2 aliphatic heterocycles. The minimum absolute atomic E-state index is 0.0253. The highest BCUT2D eigenvalue weighted by molar-refractivity contribution is 5.97. The van der Waals surface area contributed by atoms with Gasteiger partial charge in [0.05, 0.1) is 11.8 Å². The van der Waals surface area contributed by atoms with E-state index in [1.54, 1.807) is 12.3 Å². The van der Waals surface area contributed by atoms with Gasteiger partial charge in [0.25, 0.3) is 5.91 Å². The minimum atomic E-state index is -0.667. The predicted octanol–water partition coefficient (Wildman–Crippen LogP) is 5.35. The van der Waals surface area contributed by atoms with E-state index in [4.69, 9.17) is 10.7 Å². The summed E-state index contributed by atoms with van der Waals surface area (Å²) >= 11 is 0. The average Bonchev–Trinajstić information content (AvgIpc) is 3.84. The lowest BCUT2D eigenvalue weighted by atomic mass is 9.84. The van der Waals surface area contributed by atoms with E-state index in [1.807, 2.05) is 18.2 Å². The van der Waals surface area contributed by atoms with E-state index in [2.05, 4.69) is 58.0 Å². The molecule has 0 spiro atoms. The normalized spacial score (nSPS) is 22.6. The third kappa shape index (κ3) is 6.40. The second kappa shape index (κ2) is 12.5. The Kier molecular flexibility index (Phi) is 8.53. The molecule has 44 heavy (non-hydrogen) atoms. The van der Waals surface area contributed by atoms with E-state index < -0.39 is 11.7 Å². The number of carbonyl (C=O) groups is 2. The number of piperidine rings is 1. The quantitative estimate of drug-likeness (QED) is 0.317. The van der Waals surface area contributed by atoms with Crippen LogP contribution in [0, 0.1) is 11.7 Å². The number of hydrogen-bond donors (Lipinski definition) is 2. The van der Waals surface area contributed by atoms with Crippen molar-refractivity contribution in [3.05, 3.63) is 71.3 Å². The number of nitrogens with two attached hydrogens (primary N) is 1. The number of primary amides is 1. The lowest BCUT2D eigenvalue weighted by Crippen LogP contribution is -2.50. The third-order valence-corrected chi connectivity index (χ3v) is 9.52. The fourth-order valence-electron chi connectivity index (χ4n) is 6.78. The number of nitrogens with zero attached hydrogens (tertiary/aromatic N) is 5.